The van der Waals surface area contributed by atoms with Crippen molar-refractivity contribution in [3.05, 3.63) is 57.8 Å². The summed E-state index contributed by atoms with van der Waals surface area (Å²) < 4.78 is 0.564. The number of aryl methyl sites for hydroxylation is 2. The molecule has 1 amide bonds. The Morgan fingerprint density at radius 3 is 2.89 bits per heavy atom. The van der Waals surface area contributed by atoms with Gasteiger partial charge in [-0.1, -0.05) is 6.07 Å². The molecule has 3 nitrogen and oxygen atoms in total. The molecule has 0 aliphatic heterocycles. The fourth-order valence-electron chi connectivity index (χ4n) is 2.40. The topological polar surface area (TPSA) is 42.0 Å². The Balaban J connectivity index is 1.82. The van der Waals surface area contributed by atoms with E-state index in [-0.39, 0.29) is 5.91 Å². The first kappa shape index (κ1) is 12.4. The molecule has 1 aliphatic carbocycles. The summed E-state index contributed by atoms with van der Waals surface area (Å²) in [5, 5.41) is 2.92. The van der Waals surface area contributed by atoms with E-state index in [1.54, 1.807) is 18.3 Å². The Bertz CT molecular complexity index is 640. The predicted octanol–water partition coefficient (Wildman–Crippen LogP) is 3.59. The van der Waals surface area contributed by atoms with E-state index >= 15 is 0 Å². The van der Waals surface area contributed by atoms with E-state index < -0.39 is 0 Å². The Morgan fingerprint density at radius 1 is 1.21 bits per heavy atom. The highest BCUT2D eigenvalue weighted by atomic mass is 79.9. The number of halogens is 1. The summed E-state index contributed by atoms with van der Waals surface area (Å²) in [6, 6.07) is 9.65. The van der Waals surface area contributed by atoms with Gasteiger partial charge >= 0.3 is 0 Å². The fraction of sp³-hybridized carbons (Fsp3) is 0.200. The smallest absolute Gasteiger partial charge is 0.258 e. The molecular weight excluding hydrogens is 304 g/mol. The van der Waals surface area contributed by atoms with Crippen LogP contribution in [0.1, 0.15) is 27.9 Å². The van der Waals surface area contributed by atoms with Gasteiger partial charge in [-0.25, -0.2) is 4.98 Å². The van der Waals surface area contributed by atoms with Gasteiger partial charge in [0.05, 0.1) is 5.56 Å². The van der Waals surface area contributed by atoms with Crippen LogP contribution in [0.3, 0.4) is 0 Å². The zero-order valence-corrected chi connectivity index (χ0v) is 11.9. The van der Waals surface area contributed by atoms with Crippen molar-refractivity contribution < 1.29 is 4.79 Å². The van der Waals surface area contributed by atoms with E-state index in [0.29, 0.717) is 10.2 Å². The van der Waals surface area contributed by atoms with Crippen LogP contribution < -0.4 is 5.32 Å². The number of hydrogen-bond acceptors (Lipinski definition) is 2. The lowest BCUT2D eigenvalue weighted by atomic mass is 10.1. The molecule has 0 bridgehead atoms. The number of anilines is 1. The highest BCUT2D eigenvalue weighted by Gasteiger charge is 2.14. The molecule has 0 saturated heterocycles. The van der Waals surface area contributed by atoms with Crippen LogP contribution in [0, 0.1) is 0 Å². The van der Waals surface area contributed by atoms with Gasteiger partial charge in [0.2, 0.25) is 0 Å². The van der Waals surface area contributed by atoms with E-state index in [4.69, 9.17) is 0 Å². The van der Waals surface area contributed by atoms with Crippen molar-refractivity contribution in [1.82, 2.24) is 4.98 Å². The van der Waals surface area contributed by atoms with Gasteiger partial charge in [-0.2, -0.15) is 0 Å². The number of benzene rings is 1. The van der Waals surface area contributed by atoms with Gasteiger partial charge in [0.25, 0.3) is 5.91 Å². The van der Waals surface area contributed by atoms with E-state index in [1.165, 1.54) is 17.5 Å². The van der Waals surface area contributed by atoms with Crippen LogP contribution in [0.2, 0.25) is 0 Å². The minimum atomic E-state index is -0.141. The van der Waals surface area contributed by atoms with Crippen molar-refractivity contribution in [3.63, 3.8) is 0 Å². The van der Waals surface area contributed by atoms with Gasteiger partial charge in [-0.3, -0.25) is 4.79 Å². The first-order chi connectivity index (χ1) is 9.24. The third-order valence-electron chi connectivity index (χ3n) is 3.36. The number of carbonyl (C=O) groups excluding carboxylic acids is 1. The Kier molecular flexibility index (Phi) is 3.34. The van der Waals surface area contributed by atoms with Crippen LogP contribution in [0.15, 0.2) is 41.1 Å². The van der Waals surface area contributed by atoms with Crippen molar-refractivity contribution in [2.45, 2.75) is 19.3 Å². The molecule has 1 heterocycles. The number of aromatic nitrogens is 1. The Labute approximate surface area is 120 Å². The summed E-state index contributed by atoms with van der Waals surface area (Å²) in [6.45, 7) is 0. The first-order valence-corrected chi connectivity index (χ1v) is 7.07. The second-order valence-electron chi connectivity index (χ2n) is 4.63. The molecule has 0 unspecified atom stereocenters. The summed E-state index contributed by atoms with van der Waals surface area (Å²) in [7, 11) is 0. The lowest BCUT2D eigenvalue weighted by Gasteiger charge is -2.08. The van der Waals surface area contributed by atoms with Crippen LogP contribution in [0.25, 0.3) is 0 Å². The number of amides is 1. The first-order valence-electron chi connectivity index (χ1n) is 6.28. The summed E-state index contributed by atoms with van der Waals surface area (Å²) in [5.74, 6) is -0.141. The number of carbonyl (C=O) groups is 1. The normalized spacial score (nSPS) is 13.1. The monoisotopic (exact) mass is 316 g/mol. The van der Waals surface area contributed by atoms with E-state index in [9.17, 15) is 4.79 Å². The average molecular weight is 317 g/mol. The lowest BCUT2D eigenvalue weighted by Crippen LogP contribution is -2.13. The quantitative estimate of drug-likeness (QED) is 0.860. The van der Waals surface area contributed by atoms with E-state index in [2.05, 4.69) is 38.4 Å². The second-order valence-corrected chi connectivity index (χ2v) is 5.38. The van der Waals surface area contributed by atoms with Crippen LogP contribution in [-0.2, 0) is 12.8 Å². The third kappa shape index (κ3) is 2.54. The zero-order chi connectivity index (χ0) is 13.2. The maximum absolute atomic E-state index is 12.2. The Morgan fingerprint density at radius 2 is 2.05 bits per heavy atom. The van der Waals surface area contributed by atoms with Crippen LogP contribution in [-0.4, -0.2) is 10.9 Å². The average Bonchev–Trinajstić information content (AvgIpc) is 2.86. The second kappa shape index (κ2) is 5.13. The summed E-state index contributed by atoms with van der Waals surface area (Å²) in [4.78, 5) is 16.2. The number of fused-ring (bicyclic) bond motifs is 1. The number of pyridine rings is 1. The van der Waals surface area contributed by atoms with Crippen LogP contribution >= 0.6 is 15.9 Å². The molecule has 0 saturated carbocycles. The van der Waals surface area contributed by atoms with Crippen molar-refractivity contribution in [2.24, 2.45) is 0 Å². The van der Waals surface area contributed by atoms with Gasteiger partial charge in [-0.15, -0.1) is 0 Å². The minimum absolute atomic E-state index is 0.141. The minimum Gasteiger partial charge on any atom is -0.322 e. The molecule has 1 aromatic heterocycles. The SMILES string of the molecule is O=C(Nc1ccc2c(c1)CCC2)c1cccnc1Br. The van der Waals surface area contributed by atoms with Gasteiger partial charge in [0, 0.05) is 11.9 Å². The number of hydrogen-bond donors (Lipinski definition) is 1. The van der Waals surface area contributed by atoms with E-state index in [1.807, 2.05) is 6.07 Å². The Hall–Kier alpha value is -1.68. The van der Waals surface area contributed by atoms with Gasteiger partial charge in [0.15, 0.2) is 0 Å². The third-order valence-corrected chi connectivity index (χ3v) is 3.99. The fourth-order valence-corrected chi connectivity index (χ4v) is 2.83. The zero-order valence-electron chi connectivity index (χ0n) is 10.3. The molecule has 1 N–H and O–H groups in total. The van der Waals surface area contributed by atoms with Crippen molar-refractivity contribution >= 4 is 27.5 Å². The number of nitrogens with one attached hydrogen (secondary N) is 1. The lowest BCUT2D eigenvalue weighted by molar-refractivity contribution is 0.102. The van der Waals surface area contributed by atoms with E-state index in [0.717, 1.165) is 18.5 Å². The number of nitrogens with zero attached hydrogens (tertiary/aromatic N) is 1. The van der Waals surface area contributed by atoms with Crippen molar-refractivity contribution in [3.8, 4) is 0 Å². The summed E-state index contributed by atoms with van der Waals surface area (Å²) in [6.07, 6.45) is 5.12. The van der Waals surface area contributed by atoms with Crippen LogP contribution in [0.5, 0.6) is 0 Å². The summed E-state index contributed by atoms with van der Waals surface area (Å²) >= 11 is 3.29. The van der Waals surface area contributed by atoms with Gasteiger partial charge in [-0.05, 0) is 70.6 Å². The number of rotatable bonds is 2. The molecule has 4 heteroatoms. The molecule has 0 spiro atoms. The standard InChI is InChI=1S/C15H13BrN2O/c16-14-13(5-2-8-17-14)15(19)18-12-7-6-10-3-1-4-11(10)9-12/h2,5-9H,1,3-4H2,(H,18,19). The largest absolute Gasteiger partial charge is 0.322 e. The molecular formula is C15H13BrN2O. The maximum atomic E-state index is 12.2. The molecule has 0 radical (unpaired) electrons. The molecule has 96 valence electrons. The molecule has 1 aliphatic rings. The maximum Gasteiger partial charge on any atom is 0.258 e. The van der Waals surface area contributed by atoms with Crippen molar-refractivity contribution in [2.75, 3.05) is 5.32 Å². The molecule has 1 aromatic carbocycles. The molecule has 19 heavy (non-hydrogen) atoms. The van der Waals surface area contributed by atoms with Crippen molar-refractivity contribution in [1.29, 1.82) is 0 Å². The van der Waals surface area contributed by atoms with Crippen LogP contribution in [0.4, 0.5) is 5.69 Å². The van der Waals surface area contributed by atoms with Gasteiger partial charge < -0.3 is 5.32 Å². The molecule has 3 rings (SSSR count). The summed E-state index contributed by atoms with van der Waals surface area (Å²) in [5.41, 5.74) is 4.15. The van der Waals surface area contributed by atoms with Gasteiger partial charge in [0.1, 0.15) is 4.60 Å². The molecule has 0 fully saturated rings. The highest BCUT2D eigenvalue weighted by molar-refractivity contribution is 9.10. The molecule has 0 atom stereocenters. The predicted molar refractivity (Wildman–Crippen MR) is 78.4 cm³/mol. The molecule has 2 aromatic rings. The highest BCUT2D eigenvalue weighted by Crippen LogP contribution is 2.25.